The lowest BCUT2D eigenvalue weighted by atomic mass is 10.2. The van der Waals surface area contributed by atoms with Gasteiger partial charge < -0.3 is 9.15 Å². The molecular formula is C10H9ClO3S. The summed E-state index contributed by atoms with van der Waals surface area (Å²) in [6, 6.07) is 1.75. The van der Waals surface area contributed by atoms with E-state index in [-0.39, 0.29) is 12.4 Å². The maximum absolute atomic E-state index is 11.3. The molecule has 15 heavy (non-hydrogen) atoms. The molecule has 80 valence electrons. The fourth-order valence-corrected chi connectivity index (χ4v) is 2.49. The number of fused-ring (bicyclic) bond motifs is 1. The van der Waals surface area contributed by atoms with E-state index in [1.807, 2.05) is 0 Å². The van der Waals surface area contributed by atoms with Crippen LogP contribution in [0.2, 0.25) is 4.34 Å². The molecule has 0 aliphatic heterocycles. The van der Waals surface area contributed by atoms with Crippen LogP contribution in [0.25, 0.3) is 10.3 Å². The topological polar surface area (TPSA) is 39.4 Å². The number of halogens is 1. The van der Waals surface area contributed by atoms with Crippen molar-refractivity contribution in [3.63, 3.8) is 0 Å². The largest absolute Gasteiger partial charge is 0.466 e. The molecule has 5 heteroatoms. The quantitative estimate of drug-likeness (QED) is 0.778. The zero-order valence-electron chi connectivity index (χ0n) is 8.08. The van der Waals surface area contributed by atoms with E-state index < -0.39 is 0 Å². The van der Waals surface area contributed by atoms with Gasteiger partial charge in [-0.25, -0.2) is 0 Å². The summed E-state index contributed by atoms with van der Waals surface area (Å²) >= 11 is 7.25. The molecule has 0 fully saturated rings. The summed E-state index contributed by atoms with van der Waals surface area (Å²) in [5.41, 5.74) is 1.56. The summed E-state index contributed by atoms with van der Waals surface area (Å²) in [5.74, 6) is -0.246. The fraction of sp³-hybridized carbons (Fsp3) is 0.300. The first-order chi connectivity index (χ1) is 7.20. The SMILES string of the molecule is CCOC(=O)Cc1coc2cc(Cl)sc12. The summed E-state index contributed by atoms with van der Waals surface area (Å²) in [6.07, 6.45) is 1.81. The third kappa shape index (κ3) is 2.16. The Bertz CT molecular complexity index is 486. The highest BCUT2D eigenvalue weighted by Gasteiger charge is 2.13. The van der Waals surface area contributed by atoms with Crippen molar-refractivity contribution in [2.75, 3.05) is 6.61 Å². The van der Waals surface area contributed by atoms with Crippen molar-refractivity contribution in [1.82, 2.24) is 0 Å². The van der Waals surface area contributed by atoms with Gasteiger partial charge in [0.15, 0.2) is 0 Å². The first-order valence-corrected chi connectivity index (χ1v) is 5.71. The van der Waals surface area contributed by atoms with Crippen molar-refractivity contribution >= 4 is 39.2 Å². The minimum Gasteiger partial charge on any atom is -0.466 e. The second kappa shape index (κ2) is 4.24. The monoisotopic (exact) mass is 244 g/mol. The molecule has 0 radical (unpaired) electrons. The molecule has 0 aliphatic rings. The van der Waals surface area contributed by atoms with E-state index in [0.717, 1.165) is 15.8 Å². The van der Waals surface area contributed by atoms with Gasteiger partial charge in [0, 0.05) is 11.6 Å². The third-order valence-corrected chi connectivity index (χ3v) is 3.25. The van der Waals surface area contributed by atoms with Gasteiger partial charge in [0.05, 0.1) is 28.3 Å². The van der Waals surface area contributed by atoms with Gasteiger partial charge in [-0.3, -0.25) is 4.79 Å². The smallest absolute Gasteiger partial charge is 0.310 e. The van der Waals surface area contributed by atoms with E-state index in [1.165, 1.54) is 11.3 Å². The van der Waals surface area contributed by atoms with Crippen LogP contribution >= 0.6 is 22.9 Å². The number of esters is 1. The van der Waals surface area contributed by atoms with Gasteiger partial charge in [-0.1, -0.05) is 11.6 Å². The average molecular weight is 245 g/mol. The van der Waals surface area contributed by atoms with Gasteiger partial charge in [0.25, 0.3) is 0 Å². The summed E-state index contributed by atoms with van der Waals surface area (Å²) < 4.78 is 11.7. The van der Waals surface area contributed by atoms with Gasteiger partial charge in [-0.2, -0.15) is 0 Å². The van der Waals surface area contributed by atoms with Gasteiger partial charge >= 0.3 is 5.97 Å². The molecule has 0 saturated heterocycles. The Labute approximate surface area is 95.6 Å². The second-order valence-electron chi connectivity index (χ2n) is 2.99. The number of ether oxygens (including phenoxy) is 1. The normalized spacial score (nSPS) is 10.8. The lowest BCUT2D eigenvalue weighted by Crippen LogP contribution is -2.06. The predicted molar refractivity (Wildman–Crippen MR) is 59.4 cm³/mol. The maximum Gasteiger partial charge on any atom is 0.310 e. The Balaban J connectivity index is 2.24. The van der Waals surface area contributed by atoms with Crippen molar-refractivity contribution in [2.24, 2.45) is 0 Å². The second-order valence-corrected chi connectivity index (χ2v) is 4.67. The Kier molecular flexibility index (Phi) is 2.98. The lowest BCUT2D eigenvalue weighted by molar-refractivity contribution is -0.142. The lowest BCUT2D eigenvalue weighted by Gasteiger charge is -1.98. The van der Waals surface area contributed by atoms with Gasteiger partial charge in [0.2, 0.25) is 0 Å². The molecule has 0 aliphatic carbocycles. The minimum atomic E-state index is -0.246. The fourth-order valence-electron chi connectivity index (χ4n) is 1.33. The highest BCUT2D eigenvalue weighted by molar-refractivity contribution is 7.22. The van der Waals surface area contributed by atoms with E-state index in [1.54, 1.807) is 19.3 Å². The Morgan fingerprint density at radius 3 is 3.20 bits per heavy atom. The van der Waals surface area contributed by atoms with Crippen molar-refractivity contribution in [3.8, 4) is 0 Å². The van der Waals surface area contributed by atoms with Crippen molar-refractivity contribution < 1.29 is 13.9 Å². The average Bonchev–Trinajstić information content (AvgIpc) is 2.67. The van der Waals surface area contributed by atoms with Gasteiger partial charge in [-0.05, 0) is 6.92 Å². The molecule has 2 aromatic rings. The molecule has 0 unspecified atom stereocenters. The summed E-state index contributed by atoms with van der Waals surface area (Å²) in [7, 11) is 0. The summed E-state index contributed by atoms with van der Waals surface area (Å²) in [5, 5.41) is 0. The minimum absolute atomic E-state index is 0.234. The molecule has 0 spiro atoms. The van der Waals surface area contributed by atoms with Crippen LogP contribution in [-0.2, 0) is 16.0 Å². The van der Waals surface area contributed by atoms with E-state index >= 15 is 0 Å². The Hall–Kier alpha value is -1.000. The first kappa shape index (κ1) is 10.5. The van der Waals surface area contributed by atoms with Crippen LogP contribution in [0.1, 0.15) is 12.5 Å². The van der Waals surface area contributed by atoms with Crippen LogP contribution in [0, 0.1) is 0 Å². The maximum atomic E-state index is 11.3. The number of rotatable bonds is 3. The third-order valence-electron chi connectivity index (χ3n) is 1.93. The van der Waals surface area contributed by atoms with Crippen LogP contribution in [0.5, 0.6) is 0 Å². The molecule has 3 nitrogen and oxygen atoms in total. The molecule has 0 amide bonds. The van der Waals surface area contributed by atoms with Crippen LogP contribution < -0.4 is 0 Å². The van der Waals surface area contributed by atoms with Crippen molar-refractivity contribution in [1.29, 1.82) is 0 Å². The van der Waals surface area contributed by atoms with E-state index in [0.29, 0.717) is 10.9 Å². The zero-order valence-corrected chi connectivity index (χ0v) is 9.65. The highest BCUT2D eigenvalue weighted by atomic mass is 35.5. The van der Waals surface area contributed by atoms with E-state index in [4.69, 9.17) is 20.8 Å². The van der Waals surface area contributed by atoms with Crippen LogP contribution in [0.3, 0.4) is 0 Å². The molecule has 0 atom stereocenters. The Morgan fingerprint density at radius 1 is 1.67 bits per heavy atom. The molecule has 0 bridgehead atoms. The van der Waals surface area contributed by atoms with E-state index in [2.05, 4.69) is 0 Å². The standard InChI is InChI=1S/C10H9ClO3S/c1-2-13-9(12)3-6-5-14-7-4-8(11)15-10(6)7/h4-5H,2-3H2,1H3. The molecule has 0 N–H and O–H groups in total. The van der Waals surface area contributed by atoms with Crippen LogP contribution in [0.4, 0.5) is 0 Å². The molecule has 2 rings (SSSR count). The molecule has 0 saturated carbocycles. The molecular weight excluding hydrogens is 236 g/mol. The Morgan fingerprint density at radius 2 is 2.47 bits per heavy atom. The first-order valence-electron chi connectivity index (χ1n) is 4.51. The van der Waals surface area contributed by atoms with Crippen molar-refractivity contribution in [2.45, 2.75) is 13.3 Å². The highest BCUT2D eigenvalue weighted by Crippen LogP contribution is 2.33. The number of hydrogen-bond acceptors (Lipinski definition) is 4. The van der Waals surface area contributed by atoms with Gasteiger partial charge in [-0.15, -0.1) is 11.3 Å². The van der Waals surface area contributed by atoms with Crippen LogP contribution in [0.15, 0.2) is 16.7 Å². The molecule has 2 heterocycles. The van der Waals surface area contributed by atoms with E-state index in [9.17, 15) is 4.79 Å². The number of thiophene rings is 1. The predicted octanol–water partition coefficient (Wildman–Crippen LogP) is 3.25. The molecule has 0 aromatic carbocycles. The van der Waals surface area contributed by atoms with Crippen molar-refractivity contribution in [3.05, 3.63) is 22.2 Å². The number of carbonyl (C=O) groups is 1. The number of hydrogen-bond donors (Lipinski definition) is 0. The number of furan rings is 1. The molecule has 2 aromatic heterocycles. The van der Waals surface area contributed by atoms with Gasteiger partial charge in [0.1, 0.15) is 5.58 Å². The summed E-state index contributed by atoms with van der Waals surface area (Å²) in [6.45, 7) is 2.18. The zero-order chi connectivity index (χ0) is 10.8. The summed E-state index contributed by atoms with van der Waals surface area (Å²) in [4.78, 5) is 11.3. The van der Waals surface area contributed by atoms with Crippen LogP contribution in [-0.4, -0.2) is 12.6 Å². The number of carbonyl (C=O) groups excluding carboxylic acids is 1.